The zero-order chi connectivity index (χ0) is 18.7. The number of carbonyl (C=O) groups excluding carboxylic acids is 1. The molecule has 1 fully saturated rings. The lowest BCUT2D eigenvalue weighted by Gasteiger charge is -2.25. The normalized spacial score (nSPS) is 18.4. The van der Waals surface area contributed by atoms with Crippen molar-refractivity contribution >= 4 is 17.0 Å². The minimum atomic E-state index is -1.13. The summed E-state index contributed by atoms with van der Waals surface area (Å²) < 4.78 is 20.6. The highest BCUT2D eigenvalue weighted by Gasteiger charge is 2.37. The SMILES string of the molecule is CCOC(=O)c1ccc([C@@H](CCC2(C)CC2)N[S@](=O)C(C)(C)C)cc1. The lowest BCUT2D eigenvalue weighted by molar-refractivity contribution is 0.0526. The van der Waals surface area contributed by atoms with Gasteiger partial charge in [-0.05, 0) is 76.5 Å². The van der Waals surface area contributed by atoms with E-state index in [1.807, 2.05) is 32.9 Å². The molecule has 0 spiro atoms. The van der Waals surface area contributed by atoms with Crippen molar-refractivity contribution in [1.82, 2.24) is 4.72 Å². The van der Waals surface area contributed by atoms with Gasteiger partial charge in [-0.3, -0.25) is 0 Å². The van der Waals surface area contributed by atoms with E-state index in [1.54, 1.807) is 19.1 Å². The highest BCUT2D eigenvalue weighted by molar-refractivity contribution is 7.84. The van der Waals surface area contributed by atoms with Crippen molar-refractivity contribution in [3.63, 3.8) is 0 Å². The van der Waals surface area contributed by atoms with Crippen LogP contribution in [0.1, 0.15) is 82.3 Å². The van der Waals surface area contributed by atoms with Gasteiger partial charge in [-0.2, -0.15) is 0 Å². The van der Waals surface area contributed by atoms with Gasteiger partial charge in [-0.1, -0.05) is 19.1 Å². The van der Waals surface area contributed by atoms with E-state index in [4.69, 9.17) is 4.74 Å². The third-order valence-electron chi connectivity index (χ3n) is 4.77. The van der Waals surface area contributed by atoms with Crippen molar-refractivity contribution in [3.8, 4) is 0 Å². The van der Waals surface area contributed by atoms with Crippen LogP contribution in [-0.2, 0) is 15.7 Å². The third-order valence-corrected chi connectivity index (χ3v) is 6.38. The first kappa shape index (κ1) is 20.1. The number of rotatable bonds is 8. The number of hydrogen-bond acceptors (Lipinski definition) is 3. The first-order valence-corrected chi connectivity index (χ1v) is 10.2. The largest absolute Gasteiger partial charge is 0.462 e. The molecule has 0 radical (unpaired) electrons. The van der Waals surface area contributed by atoms with Gasteiger partial charge in [0.2, 0.25) is 0 Å². The molecule has 0 bridgehead atoms. The summed E-state index contributed by atoms with van der Waals surface area (Å²) in [6.07, 6.45) is 4.62. The summed E-state index contributed by atoms with van der Waals surface area (Å²) in [5, 5.41) is 0. The Morgan fingerprint density at radius 1 is 1.28 bits per heavy atom. The smallest absolute Gasteiger partial charge is 0.338 e. The van der Waals surface area contributed by atoms with E-state index < -0.39 is 11.0 Å². The molecule has 1 aromatic carbocycles. The van der Waals surface area contributed by atoms with Crippen molar-refractivity contribution in [2.75, 3.05) is 6.61 Å². The van der Waals surface area contributed by atoms with Gasteiger partial charge in [-0.15, -0.1) is 0 Å². The molecule has 0 unspecified atom stereocenters. The van der Waals surface area contributed by atoms with E-state index >= 15 is 0 Å². The fourth-order valence-electron chi connectivity index (χ4n) is 2.62. The maximum atomic E-state index is 12.6. The van der Waals surface area contributed by atoms with Crippen LogP contribution in [0.2, 0.25) is 0 Å². The zero-order valence-corrected chi connectivity index (χ0v) is 16.9. The molecule has 1 aliphatic carbocycles. The lowest BCUT2D eigenvalue weighted by Crippen LogP contribution is -2.36. The Kier molecular flexibility index (Phi) is 6.44. The van der Waals surface area contributed by atoms with Crippen LogP contribution in [0.15, 0.2) is 24.3 Å². The third kappa shape index (κ3) is 5.93. The Hall–Kier alpha value is -1.20. The Morgan fingerprint density at radius 2 is 1.88 bits per heavy atom. The number of nitrogens with one attached hydrogen (secondary N) is 1. The summed E-state index contributed by atoms with van der Waals surface area (Å²) in [4.78, 5) is 11.8. The summed E-state index contributed by atoms with van der Waals surface area (Å²) in [7, 11) is -1.13. The quantitative estimate of drug-likeness (QED) is 0.688. The fraction of sp³-hybridized carbons (Fsp3) is 0.650. The molecule has 0 saturated heterocycles. The highest BCUT2D eigenvalue weighted by atomic mass is 32.2. The minimum absolute atomic E-state index is 0.0220. The van der Waals surface area contributed by atoms with Gasteiger partial charge in [-0.25, -0.2) is 13.7 Å². The van der Waals surface area contributed by atoms with E-state index in [0.29, 0.717) is 17.6 Å². The molecule has 140 valence electrons. The molecule has 1 N–H and O–H groups in total. The molecule has 2 atom stereocenters. The monoisotopic (exact) mass is 365 g/mol. The molecule has 5 heteroatoms. The molecular formula is C20H31NO3S. The molecule has 2 rings (SSSR count). The van der Waals surface area contributed by atoms with Crippen LogP contribution in [0, 0.1) is 5.41 Å². The Morgan fingerprint density at radius 3 is 2.36 bits per heavy atom. The zero-order valence-electron chi connectivity index (χ0n) is 16.1. The number of benzene rings is 1. The van der Waals surface area contributed by atoms with E-state index in [9.17, 15) is 9.00 Å². The Labute approximate surface area is 154 Å². The van der Waals surface area contributed by atoms with Crippen LogP contribution in [0.5, 0.6) is 0 Å². The number of carbonyl (C=O) groups is 1. The highest BCUT2D eigenvalue weighted by Crippen LogP contribution is 2.50. The summed E-state index contributed by atoms with van der Waals surface area (Å²) in [5.41, 5.74) is 2.07. The van der Waals surface area contributed by atoms with Gasteiger partial charge < -0.3 is 4.74 Å². The average molecular weight is 366 g/mol. The summed E-state index contributed by atoms with van der Waals surface area (Å²) in [5.74, 6) is -0.303. The molecule has 1 aliphatic rings. The van der Waals surface area contributed by atoms with Gasteiger partial charge in [0.15, 0.2) is 0 Å². The van der Waals surface area contributed by atoms with E-state index in [1.165, 1.54) is 12.8 Å². The first-order valence-electron chi connectivity index (χ1n) is 9.10. The van der Waals surface area contributed by atoms with Crippen LogP contribution >= 0.6 is 0 Å². The lowest BCUT2D eigenvalue weighted by atomic mass is 9.95. The van der Waals surface area contributed by atoms with Gasteiger partial charge in [0.05, 0.1) is 27.9 Å². The molecule has 0 amide bonds. The maximum Gasteiger partial charge on any atom is 0.338 e. The molecule has 1 saturated carbocycles. The van der Waals surface area contributed by atoms with Gasteiger partial charge >= 0.3 is 5.97 Å². The van der Waals surface area contributed by atoms with Crippen molar-refractivity contribution in [2.45, 2.75) is 71.1 Å². The van der Waals surface area contributed by atoms with Crippen LogP contribution in [-0.4, -0.2) is 21.5 Å². The molecule has 0 aliphatic heterocycles. The summed E-state index contributed by atoms with van der Waals surface area (Å²) in [6.45, 7) is 10.4. The molecule has 0 aromatic heterocycles. The van der Waals surface area contributed by atoms with Crippen molar-refractivity contribution in [3.05, 3.63) is 35.4 Å². The van der Waals surface area contributed by atoms with Crippen molar-refractivity contribution in [1.29, 1.82) is 0 Å². The van der Waals surface area contributed by atoms with Crippen LogP contribution < -0.4 is 4.72 Å². The molecule has 25 heavy (non-hydrogen) atoms. The molecule has 1 aromatic rings. The number of esters is 1. The topological polar surface area (TPSA) is 55.4 Å². The molecule has 0 heterocycles. The molecule has 4 nitrogen and oxygen atoms in total. The van der Waals surface area contributed by atoms with E-state index in [0.717, 1.165) is 18.4 Å². The standard InChI is InChI=1S/C20H31NO3S/c1-6-24-18(22)16-9-7-15(8-10-16)17(11-12-20(5)13-14-20)21-25(23)19(2,3)4/h7-10,17,21H,6,11-14H2,1-5H3/t17-,25-/m1/s1. The van der Waals surface area contributed by atoms with Gasteiger partial charge in [0.25, 0.3) is 0 Å². The Balaban J connectivity index is 2.12. The second-order valence-corrected chi connectivity index (χ2v) is 10.2. The minimum Gasteiger partial charge on any atom is -0.462 e. The number of hydrogen-bond donors (Lipinski definition) is 1. The van der Waals surface area contributed by atoms with E-state index in [-0.39, 0.29) is 16.8 Å². The first-order chi connectivity index (χ1) is 11.6. The van der Waals surface area contributed by atoms with Crippen molar-refractivity contribution < 1.29 is 13.7 Å². The maximum absolute atomic E-state index is 12.6. The second kappa shape index (κ2) is 8.00. The van der Waals surface area contributed by atoms with Crippen molar-refractivity contribution in [2.24, 2.45) is 5.41 Å². The van der Waals surface area contributed by atoms with Gasteiger partial charge in [0.1, 0.15) is 0 Å². The van der Waals surface area contributed by atoms with Crippen LogP contribution in [0.3, 0.4) is 0 Å². The average Bonchev–Trinajstić information content (AvgIpc) is 3.28. The van der Waals surface area contributed by atoms with E-state index in [2.05, 4.69) is 11.6 Å². The predicted molar refractivity (Wildman–Crippen MR) is 103 cm³/mol. The summed E-state index contributed by atoms with van der Waals surface area (Å²) in [6, 6.07) is 7.49. The predicted octanol–water partition coefficient (Wildman–Crippen LogP) is 4.54. The summed E-state index contributed by atoms with van der Waals surface area (Å²) >= 11 is 0. The molecular weight excluding hydrogens is 334 g/mol. The van der Waals surface area contributed by atoms with Crippen LogP contribution in [0.25, 0.3) is 0 Å². The van der Waals surface area contributed by atoms with Gasteiger partial charge in [0, 0.05) is 6.04 Å². The van der Waals surface area contributed by atoms with Crippen LogP contribution in [0.4, 0.5) is 0 Å². The second-order valence-electron chi connectivity index (χ2n) is 8.24. The fourth-order valence-corrected chi connectivity index (χ4v) is 3.49. The number of ether oxygens (including phenoxy) is 1. The Bertz CT molecular complexity index is 615.